The van der Waals surface area contributed by atoms with Crippen molar-refractivity contribution in [3.8, 4) is 11.4 Å². The molecule has 0 unspecified atom stereocenters. The van der Waals surface area contributed by atoms with Gasteiger partial charge in [-0.05, 0) is 84.9 Å². The van der Waals surface area contributed by atoms with Crippen LogP contribution in [0.5, 0.6) is 0 Å². The van der Waals surface area contributed by atoms with Crippen LogP contribution in [0.3, 0.4) is 0 Å². The van der Waals surface area contributed by atoms with Gasteiger partial charge >= 0.3 is 0 Å². The lowest BCUT2D eigenvalue weighted by Crippen LogP contribution is -2.09. The second-order valence-corrected chi connectivity index (χ2v) is 11.3. The first kappa shape index (κ1) is 25.4. The van der Waals surface area contributed by atoms with Crippen LogP contribution in [0.2, 0.25) is 0 Å². The Balaban J connectivity index is 1.28. The molecule has 0 radical (unpaired) electrons. The van der Waals surface area contributed by atoms with E-state index in [1.165, 1.54) is 38.1 Å². The van der Waals surface area contributed by atoms with Crippen LogP contribution in [0, 0.1) is 0 Å². The van der Waals surface area contributed by atoms with Crippen molar-refractivity contribution in [3.05, 3.63) is 170 Å². The first-order valence-electron chi connectivity index (χ1n) is 15.2. The predicted octanol–water partition coefficient (Wildman–Crippen LogP) is 10.7. The van der Waals surface area contributed by atoms with Crippen LogP contribution >= 0.6 is 0 Å². The number of aromatic nitrogens is 3. The average molecular weight is 577 g/mol. The molecule has 0 atom stereocenters. The van der Waals surface area contributed by atoms with Crippen molar-refractivity contribution in [2.75, 3.05) is 4.90 Å². The third-order valence-electron chi connectivity index (χ3n) is 8.76. The van der Waals surface area contributed by atoms with Crippen LogP contribution in [0.1, 0.15) is 0 Å². The summed E-state index contributed by atoms with van der Waals surface area (Å²) < 4.78 is 4.67. The molecule has 4 nitrogen and oxygen atoms in total. The van der Waals surface area contributed by atoms with Gasteiger partial charge in [-0.2, -0.15) is 0 Å². The molecule has 0 aliphatic carbocycles. The molecule has 3 aromatic heterocycles. The lowest BCUT2D eigenvalue weighted by atomic mass is 10.1. The zero-order valence-corrected chi connectivity index (χ0v) is 24.5. The predicted molar refractivity (Wildman–Crippen MR) is 188 cm³/mol. The lowest BCUT2D eigenvalue weighted by Gasteiger charge is -2.26. The highest BCUT2D eigenvalue weighted by Crippen LogP contribution is 2.42. The molecule has 3 heterocycles. The number of para-hydroxylation sites is 4. The molecule has 0 spiro atoms. The zero-order chi connectivity index (χ0) is 29.7. The van der Waals surface area contributed by atoms with Gasteiger partial charge < -0.3 is 14.0 Å². The summed E-state index contributed by atoms with van der Waals surface area (Å²) >= 11 is 0. The summed E-state index contributed by atoms with van der Waals surface area (Å²) in [7, 11) is 0. The normalized spacial score (nSPS) is 11.6. The second kappa shape index (κ2) is 10.2. The minimum Gasteiger partial charge on any atom is -0.310 e. The number of hydrogen-bond acceptors (Lipinski definition) is 2. The molecule has 9 rings (SSSR count). The summed E-state index contributed by atoms with van der Waals surface area (Å²) in [6.45, 7) is 0. The molecular formula is C41H28N4. The SMILES string of the molecule is c1ccc(N(c2ccc3c(c2)c2ccccc2n3-c2ccccc2)c2ccc3c(c2)c2ccccc2n3-c2cccnc2)cc1. The topological polar surface area (TPSA) is 26.0 Å². The average Bonchev–Trinajstić information content (AvgIpc) is 3.62. The molecule has 0 saturated carbocycles. The van der Waals surface area contributed by atoms with Gasteiger partial charge in [-0.1, -0.05) is 72.8 Å². The number of nitrogens with zero attached hydrogens (tertiary/aromatic N) is 4. The van der Waals surface area contributed by atoms with Crippen molar-refractivity contribution >= 4 is 60.7 Å². The van der Waals surface area contributed by atoms with E-state index in [1.54, 1.807) is 0 Å². The Morgan fingerprint density at radius 3 is 1.44 bits per heavy atom. The number of benzene rings is 6. The zero-order valence-electron chi connectivity index (χ0n) is 24.5. The molecule has 0 aliphatic heterocycles. The quantitative estimate of drug-likeness (QED) is 0.204. The Labute approximate surface area is 260 Å². The standard InChI is InChI=1S/C41H28N4/c1-3-12-29(13-4-1)43(31-21-23-40-36(26-31)34-17-7-9-19-38(34)44(40)30-14-5-2-6-15-30)32-22-24-41-37(27-32)35-18-8-10-20-39(35)45(41)33-16-11-25-42-28-33/h1-28H. The minimum absolute atomic E-state index is 1.05. The fourth-order valence-electron chi connectivity index (χ4n) is 6.84. The second-order valence-electron chi connectivity index (χ2n) is 11.3. The molecule has 6 aromatic carbocycles. The summed E-state index contributed by atoms with van der Waals surface area (Å²) in [5, 5.41) is 4.88. The molecule has 0 N–H and O–H groups in total. The lowest BCUT2D eigenvalue weighted by molar-refractivity contribution is 1.14. The molecule has 9 aromatic rings. The Morgan fingerprint density at radius 2 is 0.867 bits per heavy atom. The summed E-state index contributed by atoms with van der Waals surface area (Å²) in [5.74, 6) is 0. The van der Waals surface area contributed by atoms with Gasteiger partial charge in [-0.25, -0.2) is 0 Å². The van der Waals surface area contributed by atoms with E-state index in [2.05, 4.69) is 171 Å². The van der Waals surface area contributed by atoms with Crippen molar-refractivity contribution in [2.24, 2.45) is 0 Å². The first-order valence-corrected chi connectivity index (χ1v) is 15.2. The van der Waals surface area contributed by atoms with Crippen molar-refractivity contribution < 1.29 is 0 Å². The molecule has 212 valence electrons. The maximum atomic E-state index is 4.42. The smallest absolute Gasteiger partial charge is 0.0645 e. The summed E-state index contributed by atoms with van der Waals surface area (Å²) in [5.41, 5.74) is 10.2. The van der Waals surface area contributed by atoms with E-state index in [1.807, 2.05) is 18.5 Å². The van der Waals surface area contributed by atoms with Gasteiger partial charge in [0, 0.05) is 50.5 Å². The fraction of sp³-hybridized carbons (Fsp3) is 0. The molecule has 0 aliphatic rings. The fourth-order valence-corrected chi connectivity index (χ4v) is 6.84. The van der Waals surface area contributed by atoms with Gasteiger partial charge in [0.15, 0.2) is 0 Å². The van der Waals surface area contributed by atoms with Gasteiger partial charge in [-0.15, -0.1) is 0 Å². The number of fused-ring (bicyclic) bond motifs is 6. The number of hydrogen-bond donors (Lipinski definition) is 0. The van der Waals surface area contributed by atoms with Gasteiger partial charge in [0.25, 0.3) is 0 Å². The molecule has 0 saturated heterocycles. The van der Waals surface area contributed by atoms with Crippen molar-refractivity contribution in [2.45, 2.75) is 0 Å². The Bertz CT molecular complexity index is 2320. The Morgan fingerprint density at radius 1 is 0.378 bits per heavy atom. The van der Waals surface area contributed by atoms with Crippen LogP contribution in [0.15, 0.2) is 170 Å². The third kappa shape index (κ3) is 4.04. The van der Waals surface area contributed by atoms with E-state index >= 15 is 0 Å². The van der Waals surface area contributed by atoms with E-state index in [9.17, 15) is 0 Å². The van der Waals surface area contributed by atoms with Crippen LogP contribution in [-0.2, 0) is 0 Å². The van der Waals surface area contributed by atoms with Crippen LogP contribution in [0.4, 0.5) is 17.1 Å². The summed E-state index contributed by atoms with van der Waals surface area (Å²) in [6.07, 6.45) is 3.75. The monoisotopic (exact) mass is 576 g/mol. The van der Waals surface area contributed by atoms with Crippen LogP contribution < -0.4 is 4.90 Å². The summed E-state index contributed by atoms with van der Waals surface area (Å²) in [4.78, 5) is 6.78. The van der Waals surface area contributed by atoms with Gasteiger partial charge in [-0.3, -0.25) is 4.98 Å². The highest BCUT2D eigenvalue weighted by Gasteiger charge is 2.19. The van der Waals surface area contributed by atoms with Gasteiger partial charge in [0.1, 0.15) is 0 Å². The van der Waals surface area contributed by atoms with E-state index < -0.39 is 0 Å². The highest BCUT2D eigenvalue weighted by atomic mass is 15.1. The maximum absolute atomic E-state index is 4.42. The van der Waals surface area contributed by atoms with Crippen LogP contribution in [-0.4, -0.2) is 14.1 Å². The molecule has 0 amide bonds. The van der Waals surface area contributed by atoms with E-state index in [0.29, 0.717) is 0 Å². The van der Waals surface area contributed by atoms with Gasteiger partial charge in [0.05, 0.1) is 34.0 Å². The van der Waals surface area contributed by atoms with Gasteiger partial charge in [0.2, 0.25) is 0 Å². The van der Waals surface area contributed by atoms with E-state index in [4.69, 9.17) is 0 Å². The van der Waals surface area contributed by atoms with Crippen molar-refractivity contribution in [1.82, 2.24) is 14.1 Å². The molecule has 0 bridgehead atoms. The molecule has 45 heavy (non-hydrogen) atoms. The van der Waals surface area contributed by atoms with E-state index in [0.717, 1.165) is 34.0 Å². The Kier molecular flexibility index (Phi) is 5.78. The third-order valence-corrected chi connectivity index (χ3v) is 8.76. The highest BCUT2D eigenvalue weighted by molar-refractivity contribution is 6.12. The molecular weight excluding hydrogens is 548 g/mol. The number of rotatable bonds is 5. The number of anilines is 3. The number of pyridine rings is 1. The van der Waals surface area contributed by atoms with Crippen molar-refractivity contribution in [3.63, 3.8) is 0 Å². The van der Waals surface area contributed by atoms with Crippen molar-refractivity contribution in [1.29, 1.82) is 0 Å². The molecule has 4 heteroatoms. The largest absolute Gasteiger partial charge is 0.310 e. The Hall–Kier alpha value is -6.13. The maximum Gasteiger partial charge on any atom is 0.0645 e. The summed E-state index contributed by atoms with van der Waals surface area (Å²) in [6, 6.07) is 56.3. The van der Waals surface area contributed by atoms with E-state index in [-0.39, 0.29) is 0 Å². The molecule has 0 fully saturated rings. The minimum atomic E-state index is 1.05. The van der Waals surface area contributed by atoms with Crippen LogP contribution in [0.25, 0.3) is 55.0 Å². The first-order chi connectivity index (χ1) is 22.3.